The molecule has 0 saturated carbocycles. The number of nitrogens with zero attached hydrogens (tertiary/aromatic N) is 1. The van der Waals surface area contributed by atoms with Gasteiger partial charge in [-0.2, -0.15) is 0 Å². The molecule has 2 heterocycles. The van der Waals surface area contributed by atoms with E-state index in [2.05, 4.69) is 0 Å². The SMILES string of the molecule is O=C(c1cccs1)N1CC=CC1. The lowest BCUT2D eigenvalue weighted by Gasteiger charge is -2.13. The highest BCUT2D eigenvalue weighted by atomic mass is 32.1. The van der Waals surface area contributed by atoms with Crippen molar-refractivity contribution >= 4 is 17.2 Å². The Kier molecular flexibility index (Phi) is 1.96. The van der Waals surface area contributed by atoms with Crippen LogP contribution in [-0.4, -0.2) is 23.9 Å². The Morgan fingerprint density at radius 1 is 1.42 bits per heavy atom. The zero-order valence-electron chi connectivity index (χ0n) is 6.56. The zero-order chi connectivity index (χ0) is 8.39. The summed E-state index contributed by atoms with van der Waals surface area (Å²) in [5.41, 5.74) is 0. The first-order chi connectivity index (χ1) is 5.88. The minimum absolute atomic E-state index is 0.148. The van der Waals surface area contributed by atoms with Gasteiger partial charge in [-0.15, -0.1) is 11.3 Å². The average molecular weight is 179 g/mol. The Morgan fingerprint density at radius 2 is 2.17 bits per heavy atom. The number of rotatable bonds is 1. The van der Waals surface area contributed by atoms with Gasteiger partial charge < -0.3 is 4.90 Å². The fourth-order valence-corrected chi connectivity index (χ4v) is 1.89. The molecule has 1 aliphatic rings. The van der Waals surface area contributed by atoms with Crippen molar-refractivity contribution in [3.05, 3.63) is 34.5 Å². The van der Waals surface area contributed by atoms with Gasteiger partial charge in [-0.05, 0) is 11.4 Å². The van der Waals surface area contributed by atoms with Crippen molar-refractivity contribution in [3.8, 4) is 0 Å². The van der Waals surface area contributed by atoms with Crippen LogP contribution in [0.1, 0.15) is 9.67 Å². The number of carbonyl (C=O) groups is 1. The maximum atomic E-state index is 11.6. The minimum atomic E-state index is 0.148. The molecular formula is C9H9NOS. The van der Waals surface area contributed by atoms with Crippen LogP contribution in [0.4, 0.5) is 0 Å². The molecule has 1 aromatic heterocycles. The van der Waals surface area contributed by atoms with Crippen LogP contribution in [-0.2, 0) is 0 Å². The summed E-state index contributed by atoms with van der Waals surface area (Å²) in [7, 11) is 0. The summed E-state index contributed by atoms with van der Waals surface area (Å²) in [6.07, 6.45) is 4.04. The highest BCUT2D eigenvalue weighted by Gasteiger charge is 2.16. The molecule has 0 unspecified atom stereocenters. The molecule has 0 radical (unpaired) electrons. The second-order valence-electron chi connectivity index (χ2n) is 2.66. The van der Waals surface area contributed by atoms with Gasteiger partial charge in [-0.3, -0.25) is 4.79 Å². The predicted octanol–water partition coefficient (Wildman–Crippen LogP) is 1.76. The smallest absolute Gasteiger partial charge is 0.264 e. The highest BCUT2D eigenvalue weighted by molar-refractivity contribution is 7.12. The molecule has 1 amide bonds. The van der Waals surface area contributed by atoms with E-state index in [1.165, 1.54) is 11.3 Å². The van der Waals surface area contributed by atoms with E-state index in [-0.39, 0.29) is 5.91 Å². The molecule has 12 heavy (non-hydrogen) atoms. The monoisotopic (exact) mass is 179 g/mol. The number of hydrogen-bond donors (Lipinski definition) is 0. The van der Waals surface area contributed by atoms with E-state index in [1.807, 2.05) is 34.6 Å². The van der Waals surface area contributed by atoms with E-state index in [0.29, 0.717) is 0 Å². The molecule has 62 valence electrons. The van der Waals surface area contributed by atoms with Crippen LogP contribution in [0.2, 0.25) is 0 Å². The van der Waals surface area contributed by atoms with Gasteiger partial charge in [-0.1, -0.05) is 18.2 Å². The fourth-order valence-electron chi connectivity index (χ4n) is 1.20. The van der Waals surface area contributed by atoms with Crippen LogP contribution in [0.25, 0.3) is 0 Å². The number of carbonyl (C=O) groups excluding carboxylic acids is 1. The quantitative estimate of drug-likeness (QED) is 0.601. The molecule has 0 aromatic carbocycles. The van der Waals surface area contributed by atoms with Gasteiger partial charge in [0.25, 0.3) is 5.91 Å². The van der Waals surface area contributed by atoms with E-state index in [4.69, 9.17) is 0 Å². The lowest BCUT2D eigenvalue weighted by Crippen LogP contribution is -2.27. The third-order valence-electron chi connectivity index (χ3n) is 1.84. The van der Waals surface area contributed by atoms with E-state index in [1.54, 1.807) is 0 Å². The Bertz CT molecular complexity index is 294. The van der Waals surface area contributed by atoms with Crippen LogP contribution in [0, 0.1) is 0 Å². The number of thiophene rings is 1. The second-order valence-corrected chi connectivity index (χ2v) is 3.61. The van der Waals surface area contributed by atoms with Gasteiger partial charge >= 0.3 is 0 Å². The lowest BCUT2D eigenvalue weighted by atomic mass is 10.4. The maximum absolute atomic E-state index is 11.6. The molecule has 0 spiro atoms. The van der Waals surface area contributed by atoms with Crippen molar-refractivity contribution in [3.63, 3.8) is 0 Å². The molecule has 3 heteroatoms. The molecule has 1 aromatic rings. The van der Waals surface area contributed by atoms with Gasteiger partial charge in [0.15, 0.2) is 0 Å². The standard InChI is InChI=1S/C9H9NOS/c11-9(8-4-3-7-12-8)10-5-1-2-6-10/h1-4,7H,5-6H2. The predicted molar refractivity (Wildman–Crippen MR) is 49.4 cm³/mol. The summed E-state index contributed by atoms with van der Waals surface area (Å²) in [5.74, 6) is 0.148. The Morgan fingerprint density at radius 3 is 2.75 bits per heavy atom. The van der Waals surface area contributed by atoms with Crippen LogP contribution in [0.3, 0.4) is 0 Å². The largest absolute Gasteiger partial charge is 0.331 e. The van der Waals surface area contributed by atoms with Gasteiger partial charge in [0.1, 0.15) is 0 Å². The third kappa shape index (κ3) is 1.28. The summed E-state index contributed by atoms with van der Waals surface area (Å²) in [6.45, 7) is 1.52. The molecule has 0 aliphatic carbocycles. The fraction of sp³-hybridized carbons (Fsp3) is 0.222. The molecule has 0 N–H and O–H groups in total. The zero-order valence-corrected chi connectivity index (χ0v) is 7.38. The summed E-state index contributed by atoms with van der Waals surface area (Å²) in [4.78, 5) is 14.3. The first kappa shape index (κ1) is 7.55. The van der Waals surface area contributed by atoms with Crippen molar-refractivity contribution in [1.29, 1.82) is 0 Å². The van der Waals surface area contributed by atoms with Crippen LogP contribution < -0.4 is 0 Å². The molecule has 1 aliphatic heterocycles. The summed E-state index contributed by atoms with van der Waals surface area (Å²) < 4.78 is 0. The first-order valence-corrected chi connectivity index (χ1v) is 4.73. The normalized spacial score (nSPS) is 15.5. The van der Waals surface area contributed by atoms with E-state index in [0.717, 1.165) is 18.0 Å². The molecule has 0 saturated heterocycles. The topological polar surface area (TPSA) is 20.3 Å². The first-order valence-electron chi connectivity index (χ1n) is 3.86. The Balaban J connectivity index is 2.11. The Hall–Kier alpha value is -1.09. The van der Waals surface area contributed by atoms with Crippen LogP contribution in [0.5, 0.6) is 0 Å². The van der Waals surface area contributed by atoms with Gasteiger partial charge in [0.05, 0.1) is 4.88 Å². The van der Waals surface area contributed by atoms with E-state index >= 15 is 0 Å². The van der Waals surface area contributed by atoms with Crippen LogP contribution >= 0.6 is 11.3 Å². The molecular weight excluding hydrogens is 170 g/mol. The average Bonchev–Trinajstić information content (AvgIpc) is 2.77. The van der Waals surface area contributed by atoms with E-state index in [9.17, 15) is 4.79 Å². The molecule has 0 fully saturated rings. The lowest BCUT2D eigenvalue weighted by molar-refractivity contribution is 0.0805. The highest BCUT2D eigenvalue weighted by Crippen LogP contribution is 2.13. The molecule has 2 nitrogen and oxygen atoms in total. The van der Waals surface area contributed by atoms with Crippen molar-refractivity contribution in [2.45, 2.75) is 0 Å². The van der Waals surface area contributed by atoms with Crippen LogP contribution in [0.15, 0.2) is 29.7 Å². The number of amides is 1. The summed E-state index contributed by atoms with van der Waals surface area (Å²) >= 11 is 1.50. The van der Waals surface area contributed by atoms with E-state index < -0.39 is 0 Å². The minimum Gasteiger partial charge on any atom is -0.331 e. The van der Waals surface area contributed by atoms with Gasteiger partial charge in [-0.25, -0.2) is 0 Å². The maximum Gasteiger partial charge on any atom is 0.264 e. The van der Waals surface area contributed by atoms with Crippen molar-refractivity contribution in [1.82, 2.24) is 4.90 Å². The molecule has 0 bridgehead atoms. The van der Waals surface area contributed by atoms with Gasteiger partial charge in [0.2, 0.25) is 0 Å². The van der Waals surface area contributed by atoms with Gasteiger partial charge in [0, 0.05) is 13.1 Å². The van der Waals surface area contributed by atoms with Crippen molar-refractivity contribution in [2.75, 3.05) is 13.1 Å². The van der Waals surface area contributed by atoms with Crippen molar-refractivity contribution < 1.29 is 4.79 Å². The second kappa shape index (κ2) is 3.11. The molecule has 2 rings (SSSR count). The summed E-state index contributed by atoms with van der Waals surface area (Å²) in [5, 5.41) is 1.93. The Labute approximate surface area is 75.1 Å². The summed E-state index contributed by atoms with van der Waals surface area (Å²) in [6, 6.07) is 3.77. The molecule has 0 atom stereocenters. The van der Waals surface area contributed by atoms with Crippen molar-refractivity contribution in [2.24, 2.45) is 0 Å². The third-order valence-corrected chi connectivity index (χ3v) is 2.70. The number of hydrogen-bond acceptors (Lipinski definition) is 2.